The van der Waals surface area contributed by atoms with Crippen LogP contribution in [0.4, 0.5) is 0 Å². The second kappa shape index (κ2) is 6.46. The summed E-state index contributed by atoms with van der Waals surface area (Å²) in [4.78, 5) is 6.81. The molecule has 0 aliphatic heterocycles. The minimum Gasteiger partial charge on any atom is -0.324 e. The molecule has 0 radical (unpaired) electrons. The number of nitrogens with zero attached hydrogens (tertiary/aromatic N) is 4. The first-order chi connectivity index (χ1) is 9.93. The molecule has 0 saturated carbocycles. The van der Waals surface area contributed by atoms with Crippen LogP contribution < -0.4 is 0 Å². The number of halogens is 1. The minimum atomic E-state index is -0.162. The Morgan fingerprint density at radius 2 is 2.10 bits per heavy atom. The molecule has 2 aromatic rings. The standard InChI is InChI=1S/C16H21ClN4/c1-11(7-8-20(3)4)21-15-9-13(10-18)5-6-14(15)19-16(21)12(2)17/h5-6,9,11-12H,7-8H2,1-4H3. The van der Waals surface area contributed by atoms with Crippen molar-refractivity contribution in [2.24, 2.45) is 0 Å². The summed E-state index contributed by atoms with van der Waals surface area (Å²) in [7, 11) is 4.13. The molecular formula is C16H21ClN4. The van der Waals surface area contributed by atoms with Gasteiger partial charge in [0.05, 0.1) is 28.0 Å². The van der Waals surface area contributed by atoms with E-state index in [1.807, 2.05) is 19.1 Å². The van der Waals surface area contributed by atoms with Crippen molar-refractivity contribution < 1.29 is 0 Å². The quantitative estimate of drug-likeness (QED) is 0.791. The van der Waals surface area contributed by atoms with Gasteiger partial charge in [0.25, 0.3) is 0 Å². The fraction of sp³-hybridized carbons (Fsp3) is 0.500. The normalized spacial score (nSPS) is 14.3. The third-order valence-corrected chi connectivity index (χ3v) is 3.83. The Bertz CT molecular complexity index is 667. The third kappa shape index (κ3) is 3.37. The molecule has 0 fully saturated rings. The Balaban J connectivity index is 2.51. The lowest BCUT2D eigenvalue weighted by Gasteiger charge is -2.20. The van der Waals surface area contributed by atoms with Crippen molar-refractivity contribution in [3.8, 4) is 6.07 Å². The summed E-state index contributed by atoms with van der Waals surface area (Å²) in [5.41, 5.74) is 2.54. The van der Waals surface area contributed by atoms with Gasteiger partial charge in [0.2, 0.25) is 0 Å². The molecule has 2 atom stereocenters. The average Bonchev–Trinajstić information content (AvgIpc) is 2.83. The molecule has 21 heavy (non-hydrogen) atoms. The summed E-state index contributed by atoms with van der Waals surface area (Å²) in [5.74, 6) is 0.869. The van der Waals surface area contributed by atoms with Crippen LogP contribution in [0.5, 0.6) is 0 Å². The van der Waals surface area contributed by atoms with Crippen LogP contribution in [-0.2, 0) is 0 Å². The van der Waals surface area contributed by atoms with Crippen LogP contribution >= 0.6 is 11.6 Å². The van der Waals surface area contributed by atoms with Gasteiger partial charge in [-0.3, -0.25) is 0 Å². The van der Waals surface area contributed by atoms with E-state index in [0.29, 0.717) is 5.56 Å². The van der Waals surface area contributed by atoms with E-state index in [0.717, 1.165) is 29.8 Å². The summed E-state index contributed by atoms with van der Waals surface area (Å²) < 4.78 is 2.18. The first-order valence-corrected chi connectivity index (χ1v) is 7.58. The number of hydrogen-bond donors (Lipinski definition) is 0. The minimum absolute atomic E-state index is 0.162. The molecule has 0 spiro atoms. The highest BCUT2D eigenvalue weighted by atomic mass is 35.5. The van der Waals surface area contributed by atoms with Gasteiger partial charge in [0.15, 0.2) is 0 Å². The highest BCUT2D eigenvalue weighted by Gasteiger charge is 2.19. The number of nitriles is 1. The predicted molar refractivity (Wildman–Crippen MR) is 86.6 cm³/mol. The summed E-state index contributed by atoms with van der Waals surface area (Å²) in [6, 6.07) is 8.06. The van der Waals surface area contributed by atoms with Crippen LogP contribution in [-0.4, -0.2) is 35.1 Å². The number of aromatic nitrogens is 2. The fourth-order valence-corrected chi connectivity index (χ4v) is 2.65. The van der Waals surface area contributed by atoms with Gasteiger partial charge < -0.3 is 9.47 Å². The van der Waals surface area contributed by atoms with E-state index in [4.69, 9.17) is 16.9 Å². The summed E-state index contributed by atoms with van der Waals surface area (Å²) in [6.07, 6.45) is 1.01. The van der Waals surface area contributed by atoms with Gasteiger partial charge in [-0.2, -0.15) is 5.26 Å². The fourth-order valence-electron chi connectivity index (χ4n) is 2.50. The first kappa shape index (κ1) is 15.8. The molecular weight excluding hydrogens is 284 g/mol. The molecule has 0 aliphatic rings. The van der Waals surface area contributed by atoms with Crippen molar-refractivity contribution in [1.82, 2.24) is 14.5 Å². The van der Waals surface area contributed by atoms with Crippen molar-refractivity contribution in [3.63, 3.8) is 0 Å². The maximum atomic E-state index is 9.11. The predicted octanol–water partition coefficient (Wildman–Crippen LogP) is 3.72. The Hall–Kier alpha value is -1.57. The molecule has 0 aliphatic carbocycles. The van der Waals surface area contributed by atoms with Gasteiger partial charge in [-0.15, -0.1) is 11.6 Å². The monoisotopic (exact) mass is 304 g/mol. The number of fused-ring (bicyclic) bond motifs is 1. The van der Waals surface area contributed by atoms with Gasteiger partial charge >= 0.3 is 0 Å². The summed E-state index contributed by atoms with van der Waals surface area (Å²) in [5, 5.41) is 8.94. The Morgan fingerprint density at radius 3 is 2.67 bits per heavy atom. The molecule has 0 amide bonds. The van der Waals surface area contributed by atoms with Crippen molar-refractivity contribution in [2.75, 3.05) is 20.6 Å². The van der Waals surface area contributed by atoms with E-state index in [2.05, 4.69) is 41.5 Å². The zero-order chi connectivity index (χ0) is 15.6. The van der Waals surface area contributed by atoms with Crippen molar-refractivity contribution >= 4 is 22.6 Å². The van der Waals surface area contributed by atoms with Gasteiger partial charge in [-0.1, -0.05) is 0 Å². The van der Waals surface area contributed by atoms with Crippen LogP contribution in [0, 0.1) is 11.3 Å². The molecule has 2 unspecified atom stereocenters. The van der Waals surface area contributed by atoms with Crippen LogP contribution in [0.15, 0.2) is 18.2 Å². The Morgan fingerprint density at radius 1 is 1.38 bits per heavy atom. The highest BCUT2D eigenvalue weighted by Crippen LogP contribution is 2.29. The third-order valence-electron chi connectivity index (χ3n) is 3.64. The maximum absolute atomic E-state index is 9.11. The zero-order valence-corrected chi connectivity index (χ0v) is 13.7. The average molecular weight is 305 g/mol. The number of alkyl halides is 1. The van der Waals surface area contributed by atoms with Gasteiger partial charge in [-0.05, 0) is 59.1 Å². The second-order valence-electron chi connectivity index (χ2n) is 5.71. The molecule has 112 valence electrons. The van der Waals surface area contributed by atoms with Crippen LogP contribution in [0.1, 0.15) is 43.1 Å². The number of imidazole rings is 1. The maximum Gasteiger partial charge on any atom is 0.127 e. The number of benzene rings is 1. The van der Waals surface area contributed by atoms with Gasteiger partial charge in [0.1, 0.15) is 5.82 Å². The summed E-state index contributed by atoms with van der Waals surface area (Å²) in [6.45, 7) is 5.10. The molecule has 4 nitrogen and oxygen atoms in total. The summed E-state index contributed by atoms with van der Waals surface area (Å²) >= 11 is 6.30. The van der Waals surface area contributed by atoms with E-state index in [-0.39, 0.29) is 11.4 Å². The van der Waals surface area contributed by atoms with Crippen LogP contribution in [0.3, 0.4) is 0 Å². The molecule has 0 saturated heterocycles. The van der Waals surface area contributed by atoms with Crippen LogP contribution in [0.25, 0.3) is 11.0 Å². The van der Waals surface area contributed by atoms with E-state index in [9.17, 15) is 0 Å². The Kier molecular flexibility index (Phi) is 4.87. The molecule has 0 bridgehead atoms. The van der Waals surface area contributed by atoms with Gasteiger partial charge in [-0.25, -0.2) is 4.98 Å². The van der Waals surface area contributed by atoms with Crippen molar-refractivity contribution in [1.29, 1.82) is 5.26 Å². The molecule has 1 aromatic carbocycles. The molecule has 0 N–H and O–H groups in total. The molecule has 1 aromatic heterocycles. The van der Waals surface area contributed by atoms with Gasteiger partial charge in [0, 0.05) is 6.04 Å². The topological polar surface area (TPSA) is 44.9 Å². The Labute approximate surface area is 130 Å². The lowest BCUT2D eigenvalue weighted by atomic mass is 10.1. The number of hydrogen-bond acceptors (Lipinski definition) is 3. The zero-order valence-electron chi connectivity index (χ0n) is 13.0. The van der Waals surface area contributed by atoms with E-state index in [1.165, 1.54) is 0 Å². The highest BCUT2D eigenvalue weighted by molar-refractivity contribution is 6.20. The number of rotatable bonds is 5. The SMILES string of the molecule is CC(Cl)c1nc2ccc(C#N)cc2n1C(C)CCN(C)C. The molecule has 5 heteroatoms. The van der Waals surface area contributed by atoms with E-state index < -0.39 is 0 Å². The smallest absolute Gasteiger partial charge is 0.127 e. The van der Waals surface area contributed by atoms with Crippen molar-refractivity contribution in [3.05, 3.63) is 29.6 Å². The second-order valence-corrected chi connectivity index (χ2v) is 6.37. The lowest BCUT2D eigenvalue weighted by Crippen LogP contribution is -2.18. The molecule has 2 rings (SSSR count). The van der Waals surface area contributed by atoms with E-state index >= 15 is 0 Å². The van der Waals surface area contributed by atoms with Crippen LogP contribution in [0.2, 0.25) is 0 Å². The van der Waals surface area contributed by atoms with Crippen molar-refractivity contribution in [2.45, 2.75) is 31.7 Å². The lowest BCUT2D eigenvalue weighted by molar-refractivity contribution is 0.357. The largest absolute Gasteiger partial charge is 0.324 e. The first-order valence-electron chi connectivity index (χ1n) is 7.14. The molecule has 1 heterocycles. The van der Waals surface area contributed by atoms with E-state index in [1.54, 1.807) is 6.07 Å².